The van der Waals surface area contributed by atoms with Gasteiger partial charge >= 0.3 is 5.97 Å². The third-order valence-electron chi connectivity index (χ3n) is 3.41. The summed E-state index contributed by atoms with van der Waals surface area (Å²) in [6.45, 7) is 3.20. The molecule has 20 heavy (non-hydrogen) atoms. The Bertz CT molecular complexity index is 351. The Labute approximate surface area is 126 Å². The van der Waals surface area contributed by atoms with Crippen LogP contribution in [0.1, 0.15) is 62.8 Å². The van der Waals surface area contributed by atoms with Crippen molar-refractivity contribution < 1.29 is 9.53 Å². The summed E-state index contributed by atoms with van der Waals surface area (Å²) in [4.78, 5) is 12.7. The molecule has 0 aliphatic rings. The van der Waals surface area contributed by atoms with E-state index in [1.807, 2.05) is 11.4 Å². The van der Waals surface area contributed by atoms with Gasteiger partial charge in [0.25, 0.3) is 0 Å². The summed E-state index contributed by atoms with van der Waals surface area (Å²) in [6, 6.07) is 4.20. The SMILES string of the molecule is CCCCCCCCNC(CC(=O)OC)c1cccs1. The quantitative estimate of drug-likeness (QED) is 0.489. The lowest BCUT2D eigenvalue weighted by molar-refractivity contribution is -0.141. The van der Waals surface area contributed by atoms with Gasteiger partial charge in [0.15, 0.2) is 0 Å². The van der Waals surface area contributed by atoms with Gasteiger partial charge in [-0.2, -0.15) is 0 Å². The second-order valence-electron chi connectivity index (χ2n) is 5.07. The minimum absolute atomic E-state index is 0.0955. The van der Waals surface area contributed by atoms with Gasteiger partial charge < -0.3 is 10.1 Å². The summed E-state index contributed by atoms with van der Waals surface area (Å²) in [5, 5.41) is 5.54. The molecule has 0 radical (unpaired) electrons. The van der Waals surface area contributed by atoms with Crippen LogP contribution in [0.5, 0.6) is 0 Å². The van der Waals surface area contributed by atoms with Crippen LogP contribution in [0.2, 0.25) is 0 Å². The van der Waals surface area contributed by atoms with E-state index < -0.39 is 0 Å². The van der Waals surface area contributed by atoms with Crippen molar-refractivity contribution in [2.24, 2.45) is 0 Å². The molecule has 3 nitrogen and oxygen atoms in total. The highest BCUT2D eigenvalue weighted by Gasteiger charge is 2.16. The zero-order valence-corrected chi connectivity index (χ0v) is 13.5. The monoisotopic (exact) mass is 297 g/mol. The molecular weight excluding hydrogens is 270 g/mol. The van der Waals surface area contributed by atoms with Crippen LogP contribution >= 0.6 is 11.3 Å². The van der Waals surface area contributed by atoms with Gasteiger partial charge in [0.1, 0.15) is 0 Å². The van der Waals surface area contributed by atoms with Crippen LogP contribution in [0.4, 0.5) is 0 Å². The van der Waals surface area contributed by atoms with Crippen LogP contribution in [0.3, 0.4) is 0 Å². The Hall–Kier alpha value is -0.870. The number of carbonyl (C=O) groups is 1. The molecule has 0 bridgehead atoms. The van der Waals surface area contributed by atoms with Gasteiger partial charge in [0.2, 0.25) is 0 Å². The highest BCUT2D eigenvalue weighted by atomic mass is 32.1. The van der Waals surface area contributed by atoms with Crippen LogP contribution in [0, 0.1) is 0 Å². The second-order valence-corrected chi connectivity index (χ2v) is 6.05. The third kappa shape index (κ3) is 7.06. The standard InChI is InChI=1S/C16H27NO2S/c1-3-4-5-6-7-8-11-17-14(13-16(18)19-2)15-10-9-12-20-15/h9-10,12,14,17H,3-8,11,13H2,1-2H3. The van der Waals surface area contributed by atoms with Crippen LogP contribution in [0.15, 0.2) is 17.5 Å². The Balaban J connectivity index is 2.25. The topological polar surface area (TPSA) is 38.3 Å². The van der Waals surface area contributed by atoms with Crippen molar-refractivity contribution in [2.75, 3.05) is 13.7 Å². The van der Waals surface area contributed by atoms with Crippen molar-refractivity contribution in [3.63, 3.8) is 0 Å². The van der Waals surface area contributed by atoms with Crippen molar-refractivity contribution in [3.05, 3.63) is 22.4 Å². The van der Waals surface area contributed by atoms with Crippen LogP contribution < -0.4 is 5.32 Å². The average Bonchev–Trinajstić information content (AvgIpc) is 2.99. The normalized spacial score (nSPS) is 12.3. The molecule has 0 fully saturated rings. The van der Waals surface area contributed by atoms with Crippen molar-refractivity contribution in [2.45, 2.75) is 57.9 Å². The zero-order valence-electron chi connectivity index (χ0n) is 12.7. The number of esters is 1. The van der Waals surface area contributed by atoms with Crippen LogP contribution in [-0.4, -0.2) is 19.6 Å². The smallest absolute Gasteiger partial charge is 0.307 e. The van der Waals surface area contributed by atoms with Gasteiger partial charge in [-0.25, -0.2) is 0 Å². The molecule has 114 valence electrons. The van der Waals surface area contributed by atoms with E-state index in [0.29, 0.717) is 6.42 Å². The van der Waals surface area contributed by atoms with E-state index >= 15 is 0 Å². The first-order chi connectivity index (χ1) is 9.77. The molecule has 1 unspecified atom stereocenters. The molecule has 4 heteroatoms. The third-order valence-corrected chi connectivity index (χ3v) is 4.39. The number of unbranched alkanes of at least 4 members (excludes halogenated alkanes) is 5. The second kappa shape index (κ2) is 10.9. The Morgan fingerprint density at radius 3 is 2.70 bits per heavy atom. The lowest BCUT2D eigenvalue weighted by Crippen LogP contribution is -2.24. The van der Waals surface area contributed by atoms with Crippen molar-refractivity contribution in [3.8, 4) is 0 Å². The maximum Gasteiger partial charge on any atom is 0.307 e. The molecule has 0 aromatic carbocycles. The lowest BCUT2D eigenvalue weighted by atomic mass is 10.1. The number of ether oxygens (including phenoxy) is 1. The molecule has 0 amide bonds. The number of methoxy groups -OCH3 is 1. The summed E-state index contributed by atoms with van der Waals surface area (Å²) in [7, 11) is 1.45. The summed E-state index contributed by atoms with van der Waals surface area (Å²) in [5.41, 5.74) is 0. The number of hydrogen-bond donors (Lipinski definition) is 1. The van der Waals surface area contributed by atoms with Gasteiger partial charge in [-0.15, -0.1) is 11.3 Å². The first-order valence-electron chi connectivity index (χ1n) is 7.61. The summed E-state index contributed by atoms with van der Waals surface area (Å²) >= 11 is 1.69. The van der Waals surface area contributed by atoms with Gasteiger partial charge in [-0.05, 0) is 24.4 Å². The van der Waals surface area contributed by atoms with Crippen LogP contribution in [-0.2, 0) is 9.53 Å². The molecule has 1 atom stereocenters. The van der Waals surface area contributed by atoms with Crippen molar-refractivity contribution >= 4 is 17.3 Å². The molecule has 1 heterocycles. The largest absolute Gasteiger partial charge is 0.469 e. The molecule has 0 saturated heterocycles. The number of nitrogens with one attached hydrogen (secondary N) is 1. The van der Waals surface area contributed by atoms with E-state index in [2.05, 4.69) is 18.3 Å². The lowest BCUT2D eigenvalue weighted by Gasteiger charge is -2.16. The maximum absolute atomic E-state index is 11.5. The fourth-order valence-electron chi connectivity index (χ4n) is 2.19. The number of carbonyl (C=O) groups excluding carboxylic acids is 1. The van der Waals surface area contributed by atoms with Crippen LogP contribution in [0.25, 0.3) is 0 Å². The van der Waals surface area contributed by atoms with E-state index in [1.54, 1.807) is 11.3 Å². The summed E-state index contributed by atoms with van der Waals surface area (Å²) < 4.78 is 4.78. The molecule has 0 aliphatic carbocycles. The Morgan fingerprint density at radius 1 is 1.30 bits per heavy atom. The molecule has 0 aliphatic heterocycles. The molecule has 1 N–H and O–H groups in total. The molecule has 1 aromatic rings. The summed E-state index contributed by atoms with van der Waals surface area (Å²) in [6.07, 6.45) is 8.14. The van der Waals surface area contributed by atoms with Crippen molar-refractivity contribution in [1.29, 1.82) is 0 Å². The predicted octanol–water partition coefficient (Wildman–Crippen LogP) is 4.30. The van der Waals surface area contributed by atoms with E-state index in [9.17, 15) is 4.79 Å². The highest BCUT2D eigenvalue weighted by molar-refractivity contribution is 7.10. The fraction of sp³-hybridized carbons (Fsp3) is 0.688. The zero-order chi connectivity index (χ0) is 14.6. The van der Waals surface area contributed by atoms with Gasteiger partial charge in [-0.1, -0.05) is 45.1 Å². The van der Waals surface area contributed by atoms with E-state index in [1.165, 1.54) is 50.5 Å². The first-order valence-corrected chi connectivity index (χ1v) is 8.49. The Morgan fingerprint density at radius 2 is 2.05 bits per heavy atom. The Kier molecular flexibility index (Phi) is 9.33. The van der Waals surface area contributed by atoms with E-state index in [0.717, 1.165) is 6.54 Å². The van der Waals surface area contributed by atoms with Crippen molar-refractivity contribution in [1.82, 2.24) is 5.32 Å². The molecule has 1 rings (SSSR count). The summed E-state index contributed by atoms with van der Waals surface area (Å²) in [5.74, 6) is -0.154. The average molecular weight is 297 g/mol. The first kappa shape index (κ1) is 17.2. The van der Waals surface area contributed by atoms with E-state index in [-0.39, 0.29) is 12.0 Å². The minimum atomic E-state index is -0.154. The van der Waals surface area contributed by atoms with E-state index in [4.69, 9.17) is 4.74 Å². The van der Waals surface area contributed by atoms with Gasteiger partial charge in [0, 0.05) is 4.88 Å². The fourth-order valence-corrected chi connectivity index (χ4v) is 3.00. The molecule has 1 aromatic heterocycles. The number of hydrogen-bond acceptors (Lipinski definition) is 4. The minimum Gasteiger partial charge on any atom is -0.469 e. The predicted molar refractivity (Wildman–Crippen MR) is 85.1 cm³/mol. The maximum atomic E-state index is 11.5. The number of rotatable bonds is 11. The van der Waals surface area contributed by atoms with Gasteiger partial charge in [0.05, 0.1) is 19.6 Å². The molecule has 0 spiro atoms. The molecule has 0 saturated carbocycles. The van der Waals surface area contributed by atoms with Gasteiger partial charge in [-0.3, -0.25) is 4.79 Å². The number of thiophene rings is 1. The molecular formula is C16H27NO2S. The highest BCUT2D eigenvalue weighted by Crippen LogP contribution is 2.22.